The number of hydrogen-bond donors (Lipinski definition) is 0. The van der Waals surface area contributed by atoms with E-state index in [9.17, 15) is 0 Å². The van der Waals surface area contributed by atoms with E-state index in [4.69, 9.17) is 15.0 Å². The van der Waals surface area contributed by atoms with E-state index in [0.717, 1.165) is 45.6 Å². The van der Waals surface area contributed by atoms with E-state index in [1.54, 1.807) is 5.56 Å². The fraction of sp³-hybridized carbons (Fsp3) is 0.189. The SMILES string of the molecule is c1ccc(-c2nc(-c3ccc4c5ccccc5n(-c5ccccc5)c4c3)nc(-c3cccc4c3-c3ccc5ccccc5c3C43C4CC5CC(C4)CC3C5)n2)cc1. The van der Waals surface area contributed by atoms with Crippen molar-refractivity contribution in [2.45, 2.75) is 37.5 Å². The van der Waals surface area contributed by atoms with Crippen molar-refractivity contribution in [3.05, 3.63) is 169 Å². The van der Waals surface area contributed by atoms with Crippen LogP contribution in [0.3, 0.4) is 0 Å². The van der Waals surface area contributed by atoms with Gasteiger partial charge in [-0.15, -0.1) is 0 Å². The maximum absolute atomic E-state index is 5.47. The zero-order valence-corrected chi connectivity index (χ0v) is 31.6. The molecule has 2 heterocycles. The quantitative estimate of drug-likeness (QED) is 0.181. The van der Waals surface area contributed by atoms with Crippen LogP contribution in [-0.2, 0) is 5.41 Å². The number of rotatable bonds is 4. The van der Waals surface area contributed by atoms with Gasteiger partial charge in [0.05, 0.1) is 11.0 Å². The van der Waals surface area contributed by atoms with Crippen molar-refractivity contribution in [2.24, 2.45) is 23.7 Å². The average Bonchev–Trinajstić information content (AvgIpc) is 3.76. The van der Waals surface area contributed by atoms with Crippen molar-refractivity contribution in [1.29, 1.82) is 0 Å². The molecule has 0 amide bonds. The van der Waals surface area contributed by atoms with Gasteiger partial charge < -0.3 is 4.57 Å². The monoisotopic (exact) mass is 732 g/mol. The van der Waals surface area contributed by atoms with Crippen LogP contribution in [0.25, 0.3) is 83.6 Å². The van der Waals surface area contributed by atoms with Gasteiger partial charge in [-0.25, -0.2) is 15.0 Å². The van der Waals surface area contributed by atoms with Crippen molar-refractivity contribution >= 4 is 32.6 Å². The van der Waals surface area contributed by atoms with Crippen LogP contribution < -0.4 is 0 Å². The predicted octanol–water partition coefficient (Wildman–Crippen LogP) is 12.8. The maximum Gasteiger partial charge on any atom is 0.164 e. The van der Waals surface area contributed by atoms with Crippen LogP contribution in [0.4, 0.5) is 0 Å². The van der Waals surface area contributed by atoms with Gasteiger partial charge in [0, 0.05) is 38.6 Å². The largest absolute Gasteiger partial charge is 0.309 e. The van der Waals surface area contributed by atoms with E-state index < -0.39 is 0 Å². The van der Waals surface area contributed by atoms with Crippen molar-refractivity contribution in [3.8, 4) is 51.0 Å². The molecule has 0 radical (unpaired) electrons. The first-order valence-corrected chi connectivity index (χ1v) is 20.8. The summed E-state index contributed by atoms with van der Waals surface area (Å²) in [5, 5.41) is 5.21. The molecule has 7 aromatic carbocycles. The van der Waals surface area contributed by atoms with Gasteiger partial charge >= 0.3 is 0 Å². The summed E-state index contributed by atoms with van der Waals surface area (Å²) in [6, 6.07) is 57.4. The Balaban J connectivity index is 1.07. The highest BCUT2D eigenvalue weighted by Gasteiger charge is 2.62. The molecule has 57 heavy (non-hydrogen) atoms. The van der Waals surface area contributed by atoms with Gasteiger partial charge in [0.25, 0.3) is 0 Å². The molecule has 0 aliphatic heterocycles. The van der Waals surface area contributed by atoms with E-state index in [0.29, 0.717) is 23.5 Å². The zero-order chi connectivity index (χ0) is 37.2. The molecule has 1 spiro atoms. The standard InChI is InChI=1S/C53H40N4/c1-3-13-35(14-4-1)50-54-51(36-23-24-42-41-18-9-10-21-46(41)57(47(42)31-36)39-15-5-2-6-16-39)56-52(55-50)44-19-11-20-45-48(44)43-25-22-34-12-7-8-17-40(34)49(43)53(45)37-27-32-26-33(29-37)30-38(53)28-32/h1-25,31-33,37-38H,26-30H2. The second-order valence-electron chi connectivity index (χ2n) is 17.2. The lowest BCUT2D eigenvalue weighted by atomic mass is 9.43. The van der Waals surface area contributed by atoms with Gasteiger partial charge in [0.15, 0.2) is 17.5 Å². The summed E-state index contributed by atoms with van der Waals surface area (Å²) in [4.78, 5) is 16.1. The third-order valence-electron chi connectivity index (χ3n) is 14.4. The summed E-state index contributed by atoms with van der Waals surface area (Å²) in [6.07, 6.45) is 6.81. The molecule has 0 N–H and O–H groups in total. The van der Waals surface area contributed by atoms with E-state index in [2.05, 4.69) is 162 Å². The minimum Gasteiger partial charge on any atom is -0.309 e. The van der Waals surface area contributed by atoms with Gasteiger partial charge in [0.1, 0.15) is 0 Å². The lowest BCUT2D eigenvalue weighted by Crippen LogP contribution is -2.55. The van der Waals surface area contributed by atoms with Crippen LogP contribution in [0.1, 0.15) is 43.2 Å². The molecular weight excluding hydrogens is 693 g/mol. The van der Waals surface area contributed by atoms with Crippen LogP contribution in [0.5, 0.6) is 0 Å². The Morgan fingerprint density at radius 1 is 0.456 bits per heavy atom. The van der Waals surface area contributed by atoms with Crippen LogP contribution in [0, 0.1) is 23.7 Å². The molecule has 14 rings (SSSR count). The summed E-state index contributed by atoms with van der Waals surface area (Å²) >= 11 is 0. The fourth-order valence-corrected chi connectivity index (χ4v) is 12.5. The van der Waals surface area contributed by atoms with Gasteiger partial charge in [0.2, 0.25) is 0 Å². The Morgan fingerprint density at radius 3 is 1.89 bits per heavy atom. The highest BCUT2D eigenvalue weighted by molar-refractivity contribution is 6.10. The van der Waals surface area contributed by atoms with Crippen LogP contribution in [-0.4, -0.2) is 19.5 Å². The molecular formula is C53H40N4. The normalized spacial score (nSPS) is 22.8. The zero-order valence-electron chi connectivity index (χ0n) is 31.6. The average molecular weight is 733 g/mol. The van der Waals surface area contributed by atoms with Gasteiger partial charge in [-0.2, -0.15) is 0 Å². The third kappa shape index (κ3) is 4.41. The van der Waals surface area contributed by atoms with Crippen molar-refractivity contribution in [2.75, 3.05) is 0 Å². The van der Waals surface area contributed by atoms with E-state index in [-0.39, 0.29) is 5.41 Å². The lowest BCUT2D eigenvalue weighted by Gasteiger charge is -2.61. The summed E-state index contributed by atoms with van der Waals surface area (Å²) in [7, 11) is 0. The van der Waals surface area contributed by atoms with E-state index in [1.165, 1.54) is 75.9 Å². The first-order valence-electron chi connectivity index (χ1n) is 20.8. The molecule has 272 valence electrons. The van der Waals surface area contributed by atoms with Crippen LogP contribution in [0.15, 0.2) is 158 Å². The smallest absolute Gasteiger partial charge is 0.164 e. The molecule has 2 aromatic heterocycles. The molecule has 5 aliphatic carbocycles. The maximum atomic E-state index is 5.47. The summed E-state index contributed by atoms with van der Waals surface area (Å²) in [5.41, 5.74) is 12.3. The third-order valence-corrected chi connectivity index (χ3v) is 14.4. The number of hydrogen-bond acceptors (Lipinski definition) is 3. The Hall–Kier alpha value is -6.39. The lowest BCUT2D eigenvalue weighted by molar-refractivity contribution is -0.0393. The molecule has 5 aliphatic rings. The molecule has 0 atom stereocenters. The Labute approximate surface area is 331 Å². The molecule has 0 unspecified atom stereocenters. The van der Waals surface area contributed by atoms with Gasteiger partial charge in [-0.1, -0.05) is 133 Å². The van der Waals surface area contributed by atoms with Crippen LogP contribution in [0.2, 0.25) is 0 Å². The highest BCUT2D eigenvalue weighted by Crippen LogP contribution is 2.70. The molecule has 4 nitrogen and oxygen atoms in total. The Kier molecular flexibility index (Phi) is 6.59. The molecule has 0 saturated heterocycles. The van der Waals surface area contributed by atoms with E-state index >= 15 is 0 Å². The predicted molar refractivity (Wildman–Crippen MR) is 231 cm³/mol. The Morgan fingerprint density at radius 2 is 1.11 bits per heavy atom. The Bertz CT molecular complexity index is 3060. The molecule has 4 heteroatoms. The van der Waals surface area contributed by atoms with Gasteiger partial charge in [-0.3, -0.25) is 0 Å². The minimum atomic E-state index is 0.0168. The number of nitrogens with zero attached hydrogens (tertiary/aromatic N) is 4. The molecule has 9 aromatic rings. The molecule has 4 fully saturated rings. The minimum absolute atomic E-state index is 0.0168. The number of fused-ring (bicyclic) bond motifs is 8. The topological polar surface area (TPSA) is 43.6 Å². The van der Waals surface area contributed by atoms with Gasteiger partial charge in [-0.05, 0) is 113 Å². The van der Waals surface area contributed by atoms with Crippen LogP contribution >= 0.6 is 0 Å². The van der Waals surface area contributed by atoms with Crippen molar-refractivity contribution in [1.82, 2.24) is 19.5 Å². The molecule has 4 saturated carbocycles. The highest BCUT2D eigenvalue weighted by atomic mass is 15.0. The fourth-order valence-electron chi connectivity index (χ4n) is 12.5. The summed E-state index contributed by atoms with van der Waals surface area (Å²) in [6.45, 7) is 0. The summed E-state index contributed by atoms with van der Waals surface area (Å²) in [5.74, 6) is 5.18. The number of aromatic nitrogens is 4. The van der Waals surface area contributed by atoms with E-state index in [1.807, 2.05) is 0 Å². The second kappa shape index (κ2) is 11.8. The molecule has 4 bridgehead atoms. The second-order valence-corrected chi connectivity index (χ2v) is 17.2. The van der Waals surface area contributed by atoms with Crippen molar-refractivity contribution < 1.29 is 0 Å². The first-order chi connectivity index (χ1) is 28.2. The summed E-state index contributed by atoms with van der Waals surface area (Å²) < 4.78 is 2.37. The number of para-hydroxylation sites is 2. The van der Waals surface area contributed by atoms with Crippen molar-refractivity contribution in [3.63, 3.8) is 0 Å². The number of benzene rings is 7. The first kappa shape index (κ1) is 31.8.